The standard InChI is InChI=1S/C19H21N3OS2/c1-14-17(11-15-7-4-3-5-8-15)21-19(20-14)25-13-18(23)22(2)12-16-9-6-10-24-16/h3-10H,11-13H2,1-2H3,(H,20,21). The number of benzene rings is 1. The summed E-state index contributed by atoms with van der Waals surface area (Å²) in [5.74, 6) is 0.497. The van der Waals surface area contributed by atoms with E-state index >= 15 is 0 Å². The minimum atomic E-state index is 0.108. The molecule has 0 aliphatic carbocycles. The van der Waals surface area contributed by atoms with E-state index in [1.807, 2.05) is 49.7 Å². The number of imidazole rings is 1. The predicted octanol–water partition coefficient (Wildman–Crippen LogP) is 4.12. The number of H-pyrrole nitrogens is 1. The molecule has 130 valence electrons. The van der Waals surface area contributed by atoms with Crippen LogP contribution in [0.5, 0.6) is 0 Å². The molecule has 0 radical (unpaired) electrons. The molecule has 25 heavy (non-hydrogen) atoms. The zero-order valence-electron chi connectivity index (χ0n) is 14.4. The highest BCUT2D eigenvalue weighted by atomic mass is 32.2. The number of aromatic amines is 1. The van der Waals surface area contributed by atoms with E-state index in [1.54, 1.807) is 16.2 Å². The van der Waals surface area contributed by atoms with Crippen molar-refractivity contribution in [1.82, 2.24) is 14.9 Å². The van der Waals surface area contributed by atoms with Crippen molar-refractivity contribution in [2.45, 2.75) is 25.0 Å². The van der Waals surface area contributed by atoms with Crippen molar-refractivity contribution in [1.29, 1.82) is 0 Å². The molecule has 3 rings (SSSR count). The highest BCUT2D eigenvalue weighted by Gasteiger charge is 2.13. The number of hydrogen-bond donors (Lipinski definition) is 1. The molecule has 0 saturated carbocycles. The minimum absolute atomic E-state index is 0.108. The van der Waals surface area contributed by atoms with Crippen molar-refractivity contribution in [3.63, 3.8) is 0 Å². The van der Waals surface area contributed by atoms with Gasteiger partial charge in [-0.1, -0.05) is 48.2 Å². The van der Waals surface area contributed by atoms with Gasteiger partial charge < -0.3 is 9.88 Å². The molecule has 2 aromatic heterocycles. The summed E-state index contributed by atoms with van der Waals surface area (Å²) in [5, 5.41) is 2.84. The maximum atomic E-state index is 12.3. The fraction of sp³-hybridized carbons (Fsp3) is 0.263. The van der Waals surface area contributed by atoms with Crippen molar-refractivity contribution in [3.05, 3.63) is 69.7 Å². The summed E-state index contributed by atoms with van der Waals surface area (Å²) < 4.78 is 0. The molecule has 1 N–H and O–H groups in total. The van der Waals surface area contributed by atoms with E-state index in [1.165, 1.54) is 22.2 Å². The number of amides is 1. The van der Waals surface area contributed by atoms with Crippen molar-refractivity contribution < 1.29 is 4.79 Å². The fourth-order valence-electron chi connectivity index (χ4n) is 2.46. The third kappa shape index (κ3) is 4.96. The lowest BCUT2D eigenvalue weighted by atomic mass is 10.1. The van der Waals surface area contributed by atoms with Gasteiger partial charge in [-0.25, -0.2) is 4.98 Å². The number of thioether (sulfide) groups is 1. The Kier molecular flexibility index (Phi) is 5.94. The Morgan fingerprint density at radius 2 is 2.04 bits per heavy atom. The average molecular weight is 372 g/mol. The molecular weight excluding hydrogens is 350 g/mol. The van der Waals surface area contributed by atoms with Crippen LogP contribution in [-0.2, 0) is 17.8 Å². The van der Waals surface area contributed by atoms with E-state index in [4.69, 9.17) is 0 Å². The van der Waals surface area contributed by atoms with Gasteiger partial charge in [0.1, 0.15) is 0 Å². The molecule has 1 amide bonds. The lowest BCUT2D eigenvalue weighted by Gasteiger charge is -2.15. The maximum Gasteiger partial charge on any atom is 0.233 e. The molecule has 0 aliphatic rings. The van der Waals surface area contributed by atoms with Crippen LogP contribution in [0.4, 0.5) is 0 Å². The summed E-state index contributed by atoms with van der Waals surface area (Å²) >= 11 is 3.13. The zero-order chi connectivity index (χ0) is 17.6. The summed E-state index contributed by atoms with van der Waals surface area (Å²) in [5.41, 5.74) is 3.33. The number of rotatable bonds is 7. The van der Waals surface area contributed by atoms with E-state index in [-0.39, 0.29) is 5.91 Å². The monoisotopic (exact) mass is 371 g/mol. The molecule has 1 aromatic carbocycles. The Morgan fingerprint density at radius 3 is 2.76 bits per heavy atom. The maximum absolute atomic E-state index is 12.3. The number of nitrogens with zero attached hydrogens (tertiary/aromatic N) is 2. The highest BCUT2D eigenvalue weighted by Crippen LogP contribution is 2.20. The Morgan fingerprint density at radius 1 is 1.24 bits per heavy atom. The third-order valence-electron chi connectivity index (χ3n) is 3.91. The summed E-state index contributed by atoms with van der Waals surface area (Å²) in [4.78, 5) is 23.2. The number of aromatic nitrogens is 2. The van der Waals surface area contributed by atoms with E-state index in [2.05, 4.69) is 22.1 Å². The normalized spacial score (nSPS) is 10.8. The van der Waals surface area contributed by atoms with Crippen molar-refractivity contribution in [3.8, 4) is 0 Å². The largest absolute Gasteiger partial charge is 0.340 e. The van der Waals surface area contributed by atoms with E-state index in [0.717, 1.165) is 23.0 Å². The third-order valence-corrected chi connectivity index (χ3v) is 5.63. The van der Waals surface area contributed by atoms with E-state index < -0.39 is 0 Å². The Balaban J connectivity index is 1.54. The van der Waals surface area contributed by atoms with Crippen LogP contribution in [0.1, 0.15) is 21.8 Å². The van der Waals surface area contributed by atoms with Crippen LogP contribution in [0.15, 0.2) is 53.0 Å². The quantitative estimate of drug-likeness (QED) is 0.636. The molecule has 0 aliphatic heterocycles. The molecule has 0 atom stereocenters. The minimum Gasteiger partial charge on any atom is -0.340 e. The van der Waals surface area contributed by atoms with Gasteiger partial charge >= 0.3 is 0 Å². The molecule has 0 bridgehead atoms. The van der Waals surface area contributed by atoms with Gasteiger partial charge in [-0.15, -0.1) is 11.3 Å². The Hall–Kier alpha value is -2.05. The smallest absolute Gasteiger partial charge is 0.233 e. The van der Waals surface area contributed by atoms with Crippen molar-refractivity contribution in [2.24, 2.45) is 0 Å². The van der Waals surface area contributed by atoms with Gasteiger partial charge in [0.25, 0.3) is 0 Å². The first-order valence-electron chi connectivity index (χ1n) is 8.10. The Bertz CT molecular complexity index is 813. The van der Waals surface area contributed by atoms with Gasteiger partial charge in [0.05, 0.1) is 18.0 Å². The number of hydrogen-bond acceptors (Lipinski definition) is 4. The van der Waals surface area contributed by atoms with Crippen molar-refractivity contribution in [2.75, 3.05) is 12.8 Å². The van der Waals surface area contributed by atoms with Crippen LogP contribution >= 0.6 is 23.1 Å². The summed E-state index contributed by atoms with van der Waals surface area (Å²) in [7, 11) is 1.84. The van der Waals surface area contributed by atoms with Gasteiger partial charge in [-0.2, -0.15) is 0 Å². The molecule has 0 saturated heterocycles. The van der Waals surface area contributed by atoms with E-state index in [9.17, 15) is 4.79 Å². The zero-order valence-corrected chi connectivity index (χ0v) is 16.0. The molecule has 4 nitrogen and oxygen atoms in total. The summed E-state index contributed by atoms with van der Waals surface area (Å²) in [6.45, 7) is 2.69. The number of aryl methyl sites for hydroxylation is 1. The first-order valence-corrected chi connectivity index (χ1v) is 9.97. The SMILES string of the molecule is Cc1[nH]c(SCC(=O)N(C)Cc2cccs2)nc1Cc1ccccc1. The number of nitrogens with one attached hydrogen (secondary N) is 1. The van der Waals surface area contributed by atoms with Gasteiger partial charge in [-0.05, 0) is 23.9 Å². The molecule has 0 unspecified atom stereocenters. The summed E-state index contributed by atoms with van der Waals surface area (Å²) in [6.07, 6.45) is 0.802. The van der Waals surface area contributed by atoms with Crippen LogP contribution in [0.25, 0.3) is 0 Å². The number of thiophene rings is 1. The number of carbonyl (C=O) groups is 1. The Labute approximate surface area is 156 Å². The van der Waals surface area contributed by atoms with Crippen LogP contribution in [0.2, 0.25) is 0 Å². The van der Waals surface area contributed by atoms with Crippen LogP contribution < -0.4 is 0 Å². The van der Waals surface area contributed by atoms with Crippen LogP contribution in [0.3, 0.4) is 0 Å². The molecule has 0 fully saturated rings. The molecular formula is C19H21N3OS2. The van der Waals surface area contributed by atoms with Gasteiger partial charge in [0.2, 0.25) is 5.91 Å². The second-order valence-electron chi connectivity index (χ2n) is 5.89. The topological polar surface area (TPSA) is 49.0 Å². The predicted molar refractivity (Wildman–Crippen MR) is 104 cm³/mol. The van der Waals surface area contributed by atoms with Gasteiger partial charge in [0, 0.05) is 24.0 Å². The lowest BCUT2D eigenvalue weighted by molar-refractivity contribution is -0.127. The molecule has 6 heteroatoms. The van der Waals surface area contributed by atoms with Gasteiger partial charge in [0.15, 0.2) is 5.16 Å². The van der Waals surface area contributed by atoms with Crippen LogP contribution in [0, 0.1) is 6.92 Å². The number of carbonyl (C=O) groups excluding carboxylic acids is 1. The molecule has 0 spiro atoms. The average Bonchev–Trinajstić information content (AvgIpc) is 3.24. The fourth-order valence-corrected chi connectivity index (χ4v) is 4.10. The second kappa shape index (κ2) is 8.36. The summed E-state index contributed by atoms with van der Waals surface area (Å²) in [6, 6.07) is 14.3. The van der Waals surface area contributed by atoms with Crippen molar-refractivity contribution >= 4 is 29.0 Å². The first kappa shape index (κ1) is 17.8. The van der Waals surface area contributed by atoms with Gasteiger partial charge in [-0.3, -0.25) is 4.79 Å². The lowest BCUT2D eigenvalue weighted by Crippen LogP contribution is -2.27. The molecule has 2 heterocycles. The van der Waals surface area contributed by atoms with Crippen LogP contribution in [-0.4, -0.2) is 33.6 Å². The molecule has 3 aromatic rings. The van der Waals surface area contributed by atoms with E-state index in [0.29, 0.717) is 12.3 Å². The second-order valence-corrected chi connectivity index (χ2v) is 7.89. The highest BCUT2D eigenvalue weighted by molar-refractivity contribution is 7.99. The first-order chi connectivity index (χ1) is 12.1.